The van der Waals surface area contributed by atoms with E-state index in [9.17, 15) is 12.8 Å². The second kappa shape index (κ2) is 5.75. The number of benzene rings is 1. The normalized spacial score (nSPS) is 24.4. The molecule has 106 valence electrons. The summed E-state index contributed by atoms with van der Waals surface area (Å²) >= 11 is 5.80. The lowest BCUT2D eigenvalue weighted by molar-refractivity contribution is 0.327. The Morgan fingerprint density at radius 3 is 2.84 bits per heavy atom. The Morgan fingerprint density at radius 2 is 2.21 bits per heavy atom. The number of sulfonamides is 1. The highest BCUT2D eigenvalue weighted by molar-refractivity contribution is 7.89. The number of hydrogen-bond donors (Lipinski definition) is 2. The average molecular weight is 307 g/mol. The molecule has 1 aromatic carbocycles. The van der Waals surface area contributed by atoms with Crippen molar-refractivity contribution in [1.82, 2.24) is 10.0 Å². The summed E-state index contributed by atoms with van der Waals surface area (Å²) in [5, 5.41) is 3.08. The van der Waals surface area contributed by atoms with Gasteiger partial charge in [0.05, 0.1) is 5.02 Å². The maximum Gasteiger partial charge on any atom is 0.245 e. The Hall–Kier alpha value is -0.690. The average Bonchev–Trinajstić information content (AvgIpc) is 2.31. The molecular weight excluding hydrogens is 291 g/mol. The van der Waals surface area contributed by atoms with Crippen molar-refractivity contribution in [3.05, 3.63) is 29.0 Å². The summed E-state index contributed by atoms with van der Waals surface area (Å²) in [7, 11) is -3.94. The number of nitrogens with one attached hydrogen (secondary N) is 2. The van der Waals surface area contributed by atoms with Crippen molar-refractivity contribution in [2.45, 2.75) is 24.3 Å². The zero-order chi connectivity index (χ0) is 14.0. The molecule has 1 fully saturated rings. The minimum atomic E-state index is -3.94. The number of hydrogen-bond acceptors (Lipinski definition) is 3. The lowest BCUT2D eigenvalue weighted by atomic mass is 9.97. The summed E-state index contributed by atoms with van der Waals surface area (Å²) < 4.78 is 40.7. The fraction of sp³-hybridized carbons (Fsp3) is 0.500. The van der Waals surface area contributed by atoms with Crippen LogP contribution in [0.15, 0.2) is 23.1 Å². The van der Waals surface area contributed by atoms with Gasteiger partial charge in [-0.3, -0.25) is 0 Å². The van der Waals surface area contributed by atoms with Crippen LogP contribution in [-0.2, 0) is 10.0 Å². The van der Waals surface area contributed by atoms with E-state index in [0.29, 0.717) is 6.42 Å². The van der Waals surface area contributed by atoms with Crippen molar-refractivity contribution in [1.29, 1.82) is 0 Å². The van der Waals surface area contributed by atoms with Crippen molar-refractivity contribution in [2.75, 3.05) is 13.1 Å². The van der Waals surface area contributed by atoms with E-state index >= 15 is 0 Å². The summed E-state index contributed by atoms with van der Waals surface area (Å²) in [6.07, 6.45) is 0.673. The highest BCUT2D eigenvalue weighted by atomic mass is 35.5. The first-order valence-corrected chi connectivity index (χ1v) is 7.95. The molecule has 2 N–H and O–H groups in total. The van der Waals surface area contributed by atoms with Crippen LogP contribution < -0.4 is 10.0 Å². The molecule has 0 radical (unpaired) electrons. The van der Waals surface area contributed by atoms with Gasteiger partial charge >= 0.3 is 0 Å². The zero-order valence-corrected chi connectivity index (χ0v) is 12.1. The van der Waals surface area contributed by atoms with Gasteiger partial charge in [0.25, 0.3) is 0 Å². The van der Waals surface area contributed by atoms with Gasteiger partial charge in [0.2, 0.25) is 10.0 Å². The standard InChI is InChI=1S/C12H16ClFN2O2S/c1-8-7-15-6-5-11(8)16-19(17,18)12-9(13)3-2-4-10(12)14/h2-4,8,11,15-16H,5-7H2,1H3. The van der Waals surface area contributed by atoms with Gasteiger partial charge in [-0.1, -0.05) is 24.6 Å². The third kappa shape index (κ3) is 3.25. The lowest BCUT2D eigenvalue weighted by Gasteiger charge is -2.30. The van der Waals surface area contributed by atoms with Crippen LogP contribution in [0.2, 0.25) is 5.02 Å². The summed E-state index contributed by atoms with van der Waals surface area (Å²) in [5.74, 6) is -0.685. The van der Waals surface area contributed by atoms with Crippen LogP contribution in [0.1, 0.15) is 13.3 Å². The third-order valence-electron chi connectivity index (χ3n) is 3.28. The Bertz CT molecular complexity index is 545. The molecule has 1 aliphatic heterocycles. The fourth-order valence-electron chi connectivity index (χ4n) is 2.19. The maximum atomic E-state index is 13.7. The zero-order valence-electron chi connectivity index (χ0n) is 10.5. The van der Waals surface area contributed by atoms with Crippen molar-refractivity contribution in [3.8, 4) is 0 Å². The highest BCUT2D eigenvalue weighted by Crippen LogP contribution is 2.25. The first kappa shape index (κ1) is 14.7. The largest absolute Gasteiger partial charge is 0.316 e. The van der Waals surface area contributed by atoms with E-state index in [1.54, 1.807) is 0 Å². The molecule has 0 bridgehead atoms. The molecule has 0 saturated carbocycles. The first-order valence-electron chi connectivity index (χ1n) is 6.09. The molecule has 2 atom stereocenters. The van der Waals surface area contributed by atoms with E-state index in [1.807, 2.05) is 6.92 Å². The smallest absolute Gasteiger partial charge is 0.245 e. The Morgan fingerprint density at radius 1 is 1.47 bits per heavy atom. The summed E-state index contributed by atoms with van der Waals surface area (Å²) in [6.45, 7) is 3.42. The van der Waals surface area contributed by atoms with E-state index < -0.39 is 20.7 Å². The Balaban J connectivity index is 2.27. The first-order chi connectivity index (χ1) is 8.92. The van der Waals surface area contributed by atoms with Crippen molar-refractivity contribution < 1.29 is 12.8 Å². The topological polar surface area (TPSA) is 58.2 Å². The SMILES string of the molecule is CC1CNCCC1NS(=O)(=O)c1c(F)cccc1Cl. The second-order valence-electron chi connectivity index (χ2n) is 4.75. The van der Waals surface area contributed by atoms with E-state index in [-0.39, 0.29) is 17.0 Å². The monoisotopic (exact) mass is 306 g/mol. The van der Waals surface area contributed by atoms with Gasteiger partial charge < -0.3 is 5.32 Å². The van der Waals surface area contributed by atoms with Crippen molar-refractivity contribution in [3.63, 3.8) is 0 Å². The molecule has 0 spiro atoms. The molecule has 19 heavy (non-hydrogen) atoms. The van der Waals surface area contributed by atoms with Gasteiger partial charge in [-0.05, 0) is 37.6 Å². The molecular formula is C12H16ClFN2O2S. The third-order valence-corrected chi connectivity index (χ3v) is 5.27. The number of piperidine rings is 1. The second-order valence-corrected chi connectivity index (χ2v) is 6.81. The molecule has 2 unspecified atom stereocenters. The molecule has 4 nitrogen and oxygen atoms in total. The summed E-state index contributed by atoms with van der Waals surface area (Å²) in [5.41, 5.74) is 0. The van der Waals surface area contributed by atoms with Gasteiger partial charge in [0.1, 0.15) is 10.7 Å². The highest BCUT2D eigenvalue weighted by Gasteiger charge is 2.29. The van der Waals surface area contributed by atoms with Gasteiger partial charge in [0.15, 0.2) is 0 Å². The van der Waals surface area contributed by atoms with E-state index in [2.05, 4.69) is 10.0 Å². The Kier molecular flexibility index (Phi) is 4.45. The van der Waals surface area contributed by atoms with Crippen molar-refractivity contribution >= 4 is 21.6 Å². The lowest BCUT2D eigenvalue weighted by Crippen LogP contribution is -2.48. The van der Waals surface area contributed by atoms with E-state index in [0.717, 1.165) is 19.2 Å². The molecule has 1 heterocycles. The molecule has 0 aromatic heterocycles. The predicted octanol–water partition coefficient (Wildman–Crippen LogP) is 1.76. The van der Waals surface area contributed by atoms with Crippen LogP contribution in [0.3, 0.4) is 0 Å². The van der Waals surface area contributed by atoms with Gasteiger partial charge in [-0.15, -0.1) is 0 Å². The molecule has 0 amide bonds. The van der Waals surface area contributed by atoms with E-state index in [1.165, 1.54) is 12.1 Å². The molecule has 2 rings (SSSR count). The van der Waals surface area contributed by atoms with E-state index in [4.69, 9.17) is 11.6 Å². The fourth-order valence-corrected chi connectivity index (χ4v) is 4.17. The molecule has 7 heteroatoms. The molecule has 1 saturated heterocycles. The molecule has 1 aromatic rings. The predicted molar refractivity (Wildman–Crippen MR) is 72.2 cm³/mol. The summed E-state index contributed by atoms with van der Waals surface area (Å²) in [4.78, 5) is -0.470. The maximum absolute atomic E-state index is 13.7. The van der Waals surface area contributed by atoms with Crippen molar-refractivity contribution in [2.24, 2.45) is 5.92 Å². The number of halogens is 2. The van der Waals surface area contributed by atoms with Crippen LogP contribution in [0, 0.1) is 11.7 Å². The Labute approximate surface area is 117 Å². The molecule has 0 aliphatic carbocycles. The van der Waals surface area contributed by atoms with Gasteiger partial charge in [-0.25, -0.2) is 17.5 Å². The van der Waals surface area contributed by atoms with Crippen LogP contribution in [0.25, 0.3) is 0 Å². The quantitative estimate of drug-likeness (QED) is 0.894. The molecule has 1 aliphatic rings. The minimum absolute atomic E-state index is 0.103. The van der Waals surface area contributed by atoms with Crippen LogP contribution in [0.4, 0.5) is 4.39 Å². The minimum Gasteiger partial charge on any atom is -0.316 e. The van der Waals surface area contributed by atoms with Crippen LogP contribution >= 0.6 is 11.6 Å². The number of rotatable bonds is 3. The van der Waals surface area contributed by atoms with Crippen LogP contribution in [0.5, 0.6) is 0 Å². The summed E-state index contributed by atoms with van der Waals surface area (Å²) in [6, 6.07) is 3.63. The van der Waals surface area contributed by atoms with Crippen LogP contribution in [-0.4, -0.2) is 27.5 Å². The van der Waals surface area contributed by atoms with Gasteiger partial charge in [0, 0.05) is 6.04 Å². The van der Waals surface area contributed by atoms with Gasteiger partial charge in [-0.2, -0.15) is 0 Å².